The molecule has 2 aromatic rings. The van der Waals surface area contributed by atoms with Crippen molar-refractivity contribution >= 4 is 5.97 Å². The molecule has 2 heterocycles. The molecule has 0 aliphatic carbocycles. The monoisotopic (exact) mass is 448 g/mol. The SMILES string of the molecule is COc1cc(C2Cc3cccc(OC4OC(CO)C(O)C(O)C4O)c3C(=O)O2)ccc1O. The van der Waals surface area contributed by atoms with E-state index >= 15 is 0 Å². The number of hydrogen-bond donors (Lipinski definition) is 5. The fraction of sp³-hybridized carbons (Fsp3) is 0.409. The number of ether oxygens (including phenoxy) is 4. The van der Waals surface area contributed by atoms with E-state index in [1.807, 2.05) is 0 Å². The molecule has 2 aliphatic rings. The average Bonchev–Trinajstić information content (AvgIpc) is 2.79. The molecule has 0 aromatic heterocycles. The van der Waals surface area contributed by atoms with Crippen molar-refractivity contribution in [2.24, 2.45) is 0 Å². The van der Waals surface area contributed by atoms with Gasteiger partial charge in [-0.15, -0.1) is 0 Å². The first-order chi connectivity index (χ1) is 15.3. The molecule has 6 unspecified atom stereocenters. The van der Waals surface area contributed by atoms with Crippen molar-refractivity contribution in [1.82, 2.24) is 0 Å². The number of carbonyl (C=O) groups excluding carboxylic acids is 1. The van der Waals surface area contributed by atoms with E-state index in [2.05, 4.69) is 0 Å². The van der Waals surface area contributed by atoms with Crippen molar-refractivity contribution < 1.29 is 49.3 Å². The van der Waals surface area contributed by atoms with Crippen molar-refractivity contribution in [3.63, 3.8) is 0 Å². The molecular weight excluding hydrogens is 424 g/mol. The van der Waals surface area contributed by atoms with Crippen molar-refractivity contribution in [3.05, 3.63) is 53.1 Å². The predicted molar refractivity (Wildman–Crippen MR) is 107 cm³/mol. The van der Waals surface area contributed by atoms with E-state index in [-0.39, 0.29) is 22.8 Å². The maximum absolute atomic E-state index is 12.9. The molecule has 10 nitrogen and oxygen atoms in total. The van der Waals surface area contributed by atoms with Gasteiger partial charge in [-0.3, -0.25) is 0 Å². The summed E-state index contributed by atoms with van der Waals surface area (Å²) in [5, 5.41) is 49.3. The van der Waals surface area contributed by atoms with Crippen LogP contribution in [0.3, 0.4) is 0 Å². The largest absolute Gasteiger partial charge is 0.504 e. The third kappa shape index (κ3) is 3.98. The molecule has 0 bridgehead atoms. The standard InChI is InChI=1S/C22H24O10/c1-29-15-7-10(5-6-12(15)24)14-8-11-3-2-4-13(17(11)21(28)30-14)31-22-20(27)19(26)18(25)16(9-23)32-22/h2-7,14,16,18-20,22-27H,8-9H2,1H3. The van der Waals surface area contributed by atoms with E-state index < -0.39 is 49.4 Å². The Morgan fingerprint density at radius 1 is 1.06 bits per heavy atom. The minimum Gasteiger partial charge on any atom is -0.504 e. The zero-order valence-corrected chi connectivity index (χ0v) is 17.1. The lowest BCUT2D eigenvalue weighted by molar-refractivity contribution is -0.277. The van der Waals surface area contributed by atoms with Crippen molar-refractivity contribution in [2.45, 2.75) is 43.2 Å². The quantitative estimate of drug-likeness (QED) is 0.396. The first-order valence-electron chi connectivity index (χ1n) is 10.0. The molecule has 1 saturated heterocycles. The van der Waals surface area contributed by atoms with Gasteiger partial charge in [-0.2, -0.15) is 0 Å². The summed E-state index contributed by atoms with van der Waals surface area (Å²) in [6.45, 7) is -0.600. The van der Waals surface area contributed by atoms with Crippen molar-refractivity contribution in [3.8, 4) is 17.2 Å². The molecule has 10 heteroatoms. The number of phenolic OH excluding ortho intramolecular Hbond substituents is 1. The van der Waals surface area contributed by atoms with Gasteiger partial charge in [0, 0.05) is 6.42 Å². The summed E-state index contributed by atoms with van der Waals surface area (Å²) < 4.78 is 21.7. The topological polar surface area (TPSA) is 155 Å². The Kier molecular flexibility index (Phi) is 6.22. The Morgan fingerprint density at radius 2 is 1.84 bits per heavy atom. The highest BCUT2D eigenvalue weighted by atomic mass is 16.7. The van der Waals surface area contributed by atoms with Crippen LogP contribution in [0.1, 0.15) is 27.6 Å². The number of fused-ring (bicyclic) bond motifs is 1. The second-order valence-corrected chi connectivity index (χ2v) is 7.63. The number of aliphatic hydroxyl groups excluding tert-OH is 4. The number of cyclic esters (lactones) is 1. The van der Waals surface area contributed by atoms with E-state index in [4.69, 9.17) is 18.9 Å². The van der Waals surface area contributed by atoms with Crippen LogP contribution >= 0.6 is 0 Å². The molecule has 6 atom stereocenters. The molecule has 4 rings (SSSR count). The second-order valence-electron chi connectivity index (χ2n) is 7.63. The maximum atomic E-state index is 12.9. The van der Waals surface area contributed by atoms with Gasteiger partial charge in [0.05, 0.1) is 13.7 Å². The van der Waals surface area contributed by atoms with Gasteiger partial charge in [-0.05, 0) is 29.3 Å². The Bertz CT molecular complexity index is 991. The number of hydrogen-bond acceptors (Lipinski definition) is 10. The number of carbonyl (C=O) groups is 1. The minimum absolute atomic E-state index is 0.0333. The number of benzene rings is 2. The molecule has 0 spiro atoms. The minimum atomic E-state index is -1.61. The van der Waals surface area contributed by atoms with Gasteiger partial charge in [0.25, 0.3) is 0 Å². The fourth-order valence-corrected chi connectivity index (χ4v) is 3.88. The molecule has 0 amide bonds. The molecule has 2 aliphatic heterocycles. The molecule has 5 N–H and O–H groups in total. The van der Waals surface area contributed by atoms with E-state index in [1.54, 1.807) is 24.3 Å². The Balaban J connectivity index is 1.59. The van der Waals surface area contributed by atoms with Gasteiger partial charge >= 0.3 is 5.97 Å². The van der Waals surface area contributed by atoms with E-state index in [1.165, 1.54) is 19.2 Å². The van der Waals surface area contributed by atoms with Gasteiger partial charge in [0.2, 0.25) is 6.29 Å². The number of methoxy groups -OCH3 is 1. The lowest BCUT2D eigenvalue weighted by Gasteiger charge is -2.40. The third-order valence-electron chi connectivity index (χ3n) is 5.64. The van der Waals surface area contributed by atoms with Crippen LogP contribution in [0.5, 0.6) is 17.2 Å². The van der Waals surface area contributed by atoms with Crippen LogP contribution in [0.2, 0.25) is 0 Å². The Morgan fingerprint density at radius 3 is 2.56 bits per heavy atom. The summed E-state index contributed by atoms with van der Waals surface area (Å²) in [4.78, 5) is 12.9. The van der Waals surface area contributed by atoms with Gasteiger partial charge < -0.3 is 44.5 Å². The zero-order valence-electron chi connectivity index (χ0n) is 17.1. The second kappa shape index (κ2) is 8.93. The highest BCUT2D eigenvalue weighted by Gasteiger charge is 2.45. The van der Waals surface area contributed by atoms with Gasteiger partial charge in [0.1, 0.15) is 41.8 Å². The molecular formula is C22H24O10. The molecule has 2 aromatic carbocycles. The van der Waals surface area contributed by atoms with E-state index in [9.17, 15) is 30.3 Å². The Labute approximate surface area is 183 Å². The first kappa shape index (κ1) is 22.3. The van der Waals surface area contributed by atoms with Gasteiger partial charge in [0.15, 0.2) is 11.5 Å². The summed E-state index contributed by atoms with van der Waals surface area (Å²) in [5.41, 5.74) is 1.41. The van der Waals surface area contributed by atoms with Crippen LogP contribution in [0, 0.1) is 0 Å². The van der Waals surface area contributed by atoms with Crippen molar-refractivity contribution in [2.75, 3.05) is 13.7 Å². The molecule has 172 valence electrons. The third-order valence-corrected chi connectivity index (χ3v) is 5.64. The average molecular weight is 448 g/mol. The molecule has 0 radical (unpaired) electrons. The lowest BCUT2D eigenvalue weighted by atomic mass is 9.93. The normalized spacial score (nSPS) is 29.7. The number of aromatic hydroxyl groups is 1. The molecule has 0 saturated carbocycles. The van der Waals surface area contributed by atoms with Crippen molar-refractivity contribution in [1.29, 1.82) is 0 Å². The van der Waals surface area contributed by atoms with Crippen LogP contribution in [0.4, 0.5) is 0 Å². The smallest absolute Gasteiger partial charge is 0.342 e. The van der Waals surface area contributed by atoms with E-state index in [0.717, 1.165) is 0 Å². The lowest BCUT2D eigenvalue weighted by Crippen LogP contribution is -2.60. The van der Waals surface area contributed by atoms with Crippen LogP contribution in [0.25, 0.3) is 0 Å². The fourth-order valence-electron chi connectivity index (χ4n) is 3.88. The number of aliphatic hydroxyl groups is 4. The predicted octanol–water partition coefficient (Wildman–Crippen LogP) is 0.0337. The number of esters is 1. The van der Waals surface area contributed by atoms with Crippen LogP contribution in [-0.2, 0) is 15.9 Å². The summed E-state index contributed by atoms with van der Waals surface area (Å²) in [7, 11) is 1.42. The summed E-state index contributed by atoms with van der Waals surface area (Å²) >= 11 is 0. The zero-order chi connectivity index (χ0) is 23.0. The highest BCUT2D eigenvalue weighted by Crippen LogP contribution is 2.38. The number of rotatable bonds is 5. The van der Waals surface area contributed by atoms with E-state index in [0.29, 0.717) is 17.5 Å². The Hall–Kier alpha value is -2.89. The maximum Gasteiger partial charge on any atom is 0.342 e. The van der Waals surface area contributed by atoms with Crippen LogP contribution < -0.4 is 9.47 Å². The summed E-state index contributed by atoms with van der Waals surface area (Å²) in [5.74, 6) is -0.375. The molecule has 32 heavy (non-hydrogen) atoms. The first-order valence-corrected chi connectivity index (χ1v) is 10.0. The van der Waals surface area contributed by atoms with Gasteiger partial charge in [-0.25, -0.2) is 4.79 Å². The highest BCUT2D eigenvalue weighted by molar-refractivity contribution is 5.95. The number of phenols is 1. The van der Waals surface area contributed by atoms with Crippen LogP contribution in [0.15, 0.2) is 36.4 Å². The summed E-state index contributed by atoms with van der Waals surface area (Å²) in [6.07, 6.45) is -7.60. The molecule has 1 fully saturated rings. The van der Waals surface area contributed by atoms with Gasteiger partial charge in [-0.1, -0.05) is 18.2 Å². The van der Waals surface area contributed by atoms with Crippen LogP contribution in [-0.4, -0.2) is 75.9 Å². The summed E-state index contributed by atoms with van der Waals surface area (Å²) in [6, 6.07) is 9.56.